The lowest BCUT2D eigenvalue weighted by molar-refractivity contribution is -0.253. The van der Waals surface area contributed by atoms with E-state index in [9.17, 15) is 50.4 Å². The maximum atomic E-state index is 13.6. The number of hydrogen-bond acceptors (Lipinski definition) is 14. The van der Waals surface area contributed by atoms with E-state index >= 15 is 0 Å². The summed E-state index contributed by atoms with van der Waals surface area (Å²) in [6.07, 6.45) is -8.75. The van der Waals surface area contributed by atoms with Gasteiger partial charge in [-0.1, -0.05) is 27.7 Å². The number of carbonyl (C=O) groups excluding carboxylic acids is 2. The number of nitrogens with zero attached hydrogens (tertiary/aromatic N) is 2. The van der Waals surface area contributed by atoms with Gasteiger partial charge in [0.05, 0.1) is 36.0 Å². The number of rotatable bonds is 14. The van der Waals surface area contributed by atoms with Crippen molar-refractivity contribution >= 4 is 67.2 Å². The zero-order chi connectivity index (χ0) is 52.7. The van der Waals surface area contributed by atoms with Crippen molar-refractivity contribution in [2.24, 2.45) is 0 Å². The molecule has 2 saturated heterocycles. The van der Waals surface area contributed by atoms with E-state index in [4.69, 9.17) is 19.4 Å². The minimum Gasteiger partial charge on any atom is -0.394 e. The van der Waals surface area contributed by atoms with Gasteiger partial charge in [0, 0.05) is 45.9 Å². The molecule has 13 N–H and O–H groups in total. The summed E-state index contributed by atoms with van der Waals surface area (Å²) in [4.78, 5) is 48.9. The Morgan fingerprint density at radius 1 is 0.521 bits per heavy atom. The second-order valence-electron chi connectivity index (χ2n) is 19.6. The highest BCUT2D eigenvalue weighted by Crippen LogP contribution is 2.40. The Morgan fingerprint density at radius 2 is 0.877 bits per heavy atom. The molecule has 0 aliphatic carbocycles. The van der Waals surface area contributed by atoms with Crippen molar-refractivity contribution < 1.29 is 59.9 Å². The molecule has 0 saturated carbocycles. The molecule has 0 unspecified atom stereocenters. The molecule has 73 heavy (non-hydrogen) atoms. The number of aryl methyl sites for hydroxylation is 6. The van der Waals surface area contributed by atoms with Crippen molar-refractivity contribution in [3.63, 3.8) is 0 Å². The van der Waals surface area contributed by atoms with Crippen molar-refractivity contribution in [1.29, 1.82) is 0 Å². The molecule has 8 rings (SSSR count). The van der Waals surface area contributed by atoms with E-state index in [0.29, 0.717) is 25.7 Å². The molecule has 0 aromatic carbocycles. The number of aromatic amines is 3. The van der Waals surface area contributed by atoms with Gasteiger partial charge in [-0.05, 0) is 146 Å². The monoisotopic (exact) mass is 1010 g/mol. The molecule has 10 atom stereocenters. The zero-order valence-electron chi connectivity index (χ0n) is 42.8. The van der Waals surface area contributed by atoms with E-state index in [1.54, 1.807) is 0 Å². The summed E-state index contributed by atoms with van der Waals surface area (Å²) >= 11 is 0. The summed E-state index contributed by atoms with van der Waals surface area (Å²) in [5.41, 5.74) is 17.8. The van der Waals surface area contributed by atoms with Gasteiger partial charge in [-0.25, -0.2) is 9.97 Å². The Bertz CT molecular complexity index is 2840. The molecule has 19 heteroatoms. The fraction of sp³-hybridized carbons (Fsp3) is 0.519. The van der Waals surface area contributed by atoms with Gasteiger partial charge in [-0.2, -0.15) is 0 Å². The van der Waals surface area contributed by atoms with Gasteiger partial charge in [0.25, 0.3) is 0 Å². The molecule has 4 aromatic rings. The largest absolute Gasteiger partial charge is 0.394 e. The molecule has 2 fully saturated rings. The molecular weight excluding hydrogens is 939 g/mol. The number of H-pyrrole nitrogens is 3. The quantitative estimate of drug-likeness (QED) is 0.0861. The molecule has 2 amide bonds. The van der Waals surface area contributed by atoms with Gasteiger partial charge in [-0.15, -0.1) is 0 Å². The highest BCUT2D eigenvalue weighted by molar-refractivity contribution is 6.00. The van der Waals surface area contributed by atoms with Crippen molar-refractivity contribution in [2.45, 2.75) is 168 Å². The number of amides is 2. The van der Waals surface area contributed by atoms with Crippen LogP contribution >= 0.6 is 0 Å². The predicted octanol–water partition coefficient (Wildman–Crippen LogP) is 3.48. The van der Waals surface area contributed by atoms with Crippen LogP contribution in [0.15, 0.2) is 24.3 Å². The van der Waals surface area contributed by atoms with Crippen LogP contribution in [0.2, 0.25) is 0 Å². The first-order valence-electron chi connectivity index (χ1n) is 25.5. The van der Waals surface area contributed by atoms with Gasteiger partial charge in [0.15, 0.2) is 12.6 Å². The van der Waals surface area contributed by atoms with E-state index in [2.05, 4.69) is 91.4 Å². The first kappa shape index (κ1) is 53.7. The molecule has 19 nitrogen and oxygen atoms in total. The Hall–Kier alpha value is -5.58. The third-order valence-electron chi connectivity index (χ3n) is 15.3. The van der Waals surface area contributed by atoms with Crippen molar-refractivity contribution in [3.8, 4) is 0 Å². The highest BCUT2D eigenvalue weighted by Gasteiger charge is 2.45. The summed E-state index contributed by atoms with van der Waals surface area (Å²) < 4.78 is 10.6. The fourth-order valence-electron chi connectivity index (χ4n) is 11.1. The number of aromatic nitrogens is 5. The molecule has 8 heterocycles. The lowest BCUT2D eigenvalue weighted by Crippen LogP contribution is -2.64. The average Bonchev–Trinajstić information content (AvgIpc) is 4.13. The lowest BCUT2D eigenvalue weighted by atomic mass is 9.96. The molecule has 10 bridgehead atoms. The zero-order valence-corrected chi connectivity index (χ0v) is 42.8. The Balaban J connectivity index is 1.30. The summed E-state index contributed by atoms with van der Waals surface area (Å²) in [5.74, 6) is -0.985. The topological polar surface area (TPSA) is 312 Å². The van der Waals surface area contributed by atoms with Crippen molar-refractivity contribution in [1.82, 2.24) is 35.6 Å². The summed E-state index contributed by atoms with van der Waals surface area (Å²) in [5, 5.41) is 88.1. The first-order chi connectivity index (χ1) is 34.9. The van der Waals surface area contributed by atoms with Crippen LogP contribution in [-0.4, -0.2) is 152 Å². The van der Waals surface area contributed by atoms with Gasteiger partial charge >= 0.3 is 0 Å². The Kier molecular flexibility index (Phi) is 16.3. The van der Waals surface area contributed by atoms with E-state index in [-0.39, 0.29) is 25.7 Å². The Morgan fingerprint density at radius 3 is 1.22 bits per heavy atom. The van der Waals surface area contributed by atoms with Crippen LogP contribution in [0.3, 0.4) is 0 Å². The number of carbonyl (C=O) groups is 2. The minimum absolute atomic E-state index is 0.0464. The number of ether oxygens (including phenoxy) is 2. The van der Waals surface area contributed by atoms with E-state index in [0.717, 1.165) is 112 Å². The Labute approximate surface area is 423 Å². The maximum absolute atomic E-state index is 13.6. The van der Waals surface area contributed by atoms with Gasteiger partial charge in [0.1, 0.15) is 48.7 Å². The maximum Gasteiger partial charge on any atom is 0.220 e. The van der Waals surface area contributed by atoms with E-state index in [1.807, 2.05) is 13.8 Å². The van der Waals surface area contributed by atoms with Gasteiger partial charge in [-0.3, -0.25) is 9.59 Å². The molecule has 4 aliphatic rings. The third-order valence-corrected chi connectivity index (χ3v) is 15.3. The molecule has 0 spiro atoms. The number of allylic oxidation sites excluding steroid dienone is 4. The van der Waals surface area contributed by atoms with Crippen LogP contribution in [0.5, 0.6) is 0 Å². The fourth-order valence-corrected chi connectivity index (χ4v) is 11.1. The number of hydrogen-bond donors (Lipinski definition) is 13. The van der Waals surface area contributed by atoms with Gasteiger partial charge in [0.2, 0.25) is 11.8 Å². The number of aliphatic hydroxyl groups is 8. The van der Waals surface area contributed by atoms with Crippen LogP contribution in [0.25, 0.3) is 55.4 Å². The smallest absolute Gasteiger partial charge is 0.220 e. The van der Waals surface area contributed by atoms with Crippen molar-refractivity contribution in [3.05, 3.63) is 80.4 Å². The second-order valence-corrected chi connectivity index (χ2v) is 19.6. The predicted molar refractivity (Wildman–Crippen MR) is 276 cm³/mol. The van der Waals surface area contributed by atoms with E-state index < -0.39 is 86.3 Å². The minimum atomic E-state index is -1.66. The van der Waals surface area contributed by atoms with Crippen LogP contribution in [0.1, 0.15) is 123 Å². The average molecular weight is 1010 g/mol. The van der Waals surface area contributed by atoms with Crippen LogP contribution in [0, 0.1) is 13.8 Å². The molecule has 394 valence electrons. The standard InChI is InChI=1S/C54H71N7O12/c1-9-27-25(7)45-46-26(8)28(10-2)36(59-46)18-34-24(6)32(14-16-44(65)61-48-52(69)50(67)42(22-63)73-54(48)71)40(56-34)20-38-30(12-4)29(11-3)37(57-38)19-39-31(23(5)33(55-39)17-35(27)58-45)13-15-43(64)60-47-51(68)49(66)41(21-62)72-53(47)70/h17-20,41-42,47-57,62-63,66-71H,9-16,21-22H2,1-8H3,(H,60,64)(H,61,65)/t41-,42-,47-,48-,49-,50-,51-,52-,53-,54-/m0/s1. The van der Waals surface area contributed by atoms with Crippen LogP contribution in [0.4, 0.5) is 0 Å². The normalized spacial score (nSPS) is 25.4. The summed E-state index contributed by atoms with van der Waals surface area (Å²) in [6, 6.07) is 5.56. The summed E-state index contributed by atoms with van der Waals surface area (Å²) in [6.45, 7) is 15.3. The summed E-state index contributed by atoms with van der Waals surface area (Å²) in [7, 11) is 0. The number of nitrogens with one attached hydrogen (secondary N) is 5. The molecular formula is C54H71N7O12. The van der Waals surface area contributed by atoms with E-state index in [1.165, 1.54) is 0 Å². The number of aliphatic hydroxyl groups excluding tert-OH is 8. The highest BCUT2D eigenvalue weighted by atomic mass is 16.6. The SMILES string of the molecule is CCC1=C(C)c2nc1cc1[nH]c(cc3[nH]c(cc4[nH]c(cc5nc2C(C)=C5CC)c(C)c4CCC(=O)N[C@H]2[C@H](O)[C@@H](O)[C@H](CO)O[C@@H]2O)c(CC)c3CC)c(CCC(=O)N[C@H]2[C@H](O)[C@@H](O)[C@H](CO)O[C@@H]2O)c1C. The van der Waals surface area contributed by atoms with Crippen molar-refractivity contribution in [2.75, 3.05) is 13.2 Å². The van der Waals surface area contributed by atoms with Gasteiger partial charge < -0.3 is 75.9 Å². The van der Waals surface area contributed by atoms with Crippen LogP contribution < -0.4 is 10.6 Å². The second kappa shape index (κ2) is 22.1. The van der Waals surface area contributed by atoms with Crippen LogP contribution in [-0.2, 0) is 44.7 Å². The lowest BCUT2D eigenvalue weighted by Gasteiger charge is -2.40. The third kappa shape index (κ3) is 10.2. The molecule has 4 aromatic heterocycles. The first-order valence-corrected chi connectivity index (χ1v) is 25.5. The molecule has 4 aliphatic heterocycles. The number of fused-ring (bicyclic) bond motifs is 11. The molecule has 0 radical (unpaired) electrons.